The number of nitrogens with zero attached hydrogens (tertiary/aromatic N) is 2. The summed E-state index contributed by atoms with van der Waals surface area (Å²) >= 11 is 0. The van der Waals surface area contributed by atoms with E-state index in [-0.39, 0.29) is 29.6 Å². The minimum atomic E-state index is -3.97. The first-order chi connectivity index (χ1) is 16.3. The number of nitrogens with two attached hydrogens (primary N) is 2. The largest absolute Gasteiger partial charge is 0.370 e. The van der Waals surface area contributed by atoms with Crippen LogP contribution in [0.3, 0.4) is 0 Å². The van der Waals surface area contributed by atoms with Gasteiger partial charge in [0.1, 0.15) is 6.04 Å². The number of nitrogens with one attached hydrogen (secondary N) is 1. The number of rotatable bonds is 11. The van der Waals surface area contributed by atoms with Crippen LogP contribution in [0.4, 0.5) is 0 Å². The molecule has 0 bridgehead atoms. The molecule has 35 heavy (non-hydrogen) atoms. The van der Waals surface area contributed by atoms with Gasteiger partial charge in [-0.05, 0) is 66.5 Å². The molecule has 0 saturated carbocycles. The molecule has 5 N–H and O–H groups in total. The van der Waals surface area contributed by atoms with Gasteiger partial charge in [-0.2, -0.15) is 4.72 Å². The van der Waals surface area contributed by atoms with Crippen molar-refractivity contribution in [1.82, 2.24) is 9.62 Å². The van der Waals surface area contributed by atoms with Crippen LogP contribution in [0.1, 0.15) is 108 Å². The van der Waals surface area contributed by atoms with Gasteiger partial charge in [-0.15, -0.1) is 0 Å². The van der Waals surface area contributed by atoms with Gasteiger partial charge in [-0.3, -0.25) is 9.79 Å². The van der Waals surface area contributed by atoms with Crippen LogP contribution in [0.5, 0.6) is 0 Å². The summed E-state index contributed by atoms with van der Waals surface area (Å²) in [7, 11) is -3.97. The Morgan fingerprint density at radius 3 is 1.97 bits per heavy atom. The van der Waals surface area contributed by atoms with Gasteiger partial charge in [-0.25, -0.2) is 8.42 Å². The standard InChI is InChI=1S/C26H45N5O3S/c1-17(2)20-15-21(18(3)4)24(22(16-20)19(5)6)35(33,34)30-23(11-10-12-29-26(27)28)25(32)31-13-8-7-9-14-31/h15-19,23,30H,7-14H2,1-6H3,(H4,27,28,29). The van der Waals surface area contributed by atoms with Gasteiger partial charge in [0.25, 0.3) is 0 Å². The van der Waals surface area contributed by atoms with Crippen LogP contribution in [-0.4, -0.2) is 50.9 Å². The van der Waals surface area contributed by atoms with Crippen LogP contribution in [0.2, 0.25) is 0 Å². The first-order valence-electron chi connectivity index (χ1n) is 12.9. The molecule has 1 amide bonds. The van der Waals surface area contributed by atoms with Crippen molar-refractivity contribution in [2.75, 3.05) is 19.6 Å². The van der Waals surface area contributed by atoms with Crippen molar-refractivity contribution in [3.05, 3.63) is 28.8 Å². The third kappa shape index (κ3) is 7.93. The van der Waals surface area contributed by atoms with Crippen molar-refractivity contribution in [3.63, 3.8) is 0 Å². The van der Waals surface area contributed by atoms with E-state index in [2.05, 4.69) is 23.6 Å². The first kappa shape index (κ1) is 29.1. The van der Waals surface area contributed by atoms with Crippen molar-refractivity contribution < 1.29 is 13.2 Å². The number of amides is 1. The lowest BCUT2D eigenvalue weighted by molar-refractivity contribution is -0.134. The van der Waals surface area contributed by atoms with Crippen LogP contribution >= 0.6 is 0 Å². The summed E-state index contributed by atoms with van der Waals surface area (Å²) < 4.78 is 30.7. The molecule has 0 aliphatic carbocycles. The summed E-state index contributed by atoms with van der Waals surface area (Å²) in [5.74, 6) is 0.109. The first-order valence-corrected chi connectivity index (χ1v) is 14.4. The van der Waals surface area contributed by atoms with Crippen LogP contribution in [-0.2, 0) is 14.8 Å². The Hall–Kier alpha value is -2.13. The fourth-order valence-corrected chi connectivity index (χ4v) is 6.44. The SMILES string of the molecule is CC(C)c1cc(C(C)C)c(S(=O)(=O)NC(CCCN=C(N)N)C(=O)N2CCCCC2)c(C(C)C)c1. The zero-order valence-corrected chi connectivity index (χ0v) is 23.1. The van der Waals surface area contributed by atoms with Gasteiger partial charge < -0.3 is 16.4 Å². The number of benzene rings is 1. The van der Waals surface area contributed by atoms with Crippen LogP contribution in [0.15, 0.2) is 22.0 Å². The minimum Gasteiger partial charge on any atom is -0.370 e. The van der Waals surface area contributed by atoms with E-state index in [0.717, 1.165) is 36.0 Å². The molecule has 9 heteroatoms. The number of carbonyl (C=O) groups excluding carboxylic acids is 1. The molecular weight excluding hydrogens is 462 g/mol. The van der Waals surface area contributed by atoms with E-state index in [0.29, 0.717) is 37.4 Å². The quantitative estimate of drug-likeness (QED) is 0.238. The zero-order chi connectivity index (χ0) is 26.3. The predicted octanol–water partition coefficient (Wildman–Crippen LogP) is 3.77. The second-order valence-corrected chi connectivity index (χ2v) is 12.2. The van der Waals surface area contributed by atoms with Crippen molar-refractivity contribution in [1.29, 1.82) is 0 Å². The molecule has 1 fully saturated rings. The number of carbonyl (C=O) groups is 1. The second-order valence-electron chi connectivity index (χ2n) is 10.5. The maximum atomic E-state index is 14.0. The number of hydrogen-bond donors (Lipinski definition) is 3. The predicted molar refractivity (Wildman–Crippen MR) is 143 cm³/mol. The normalized spacial score (nSPS) is 15.6. The highest BCUT2D eigenvalue weighted by molar-refractivity contribution is 7.89. The molecule has 1 aromatic carbocycles. The highest BCUT2D eigenvalue weighted by Crippen LogP contribution is 2.35. The van der Waals surface area contributed by atoms with E-state index in [1.165, 1.54) is 0 Å². The average molecular weight is 508 g/mol. The Balaban J connectivity index is 2.49. The fourth-order valence-electron chi connectivity index (χ4n) is 4.52. The number of hydrogen-bond acceptors (Lipinski definition) is 4. The lowest BCUT2D eigenvalue weighted by Gasteiger charge is -2.31. The topological polar surface area (TPSA) is 131 Å². The van der Waals surface area contributed by atoms with Gasteiger partial charge in [0.2, 0.25) is 15.9 Å². The van der Waals surface area contributed by atoms with E-state index in [9.17, 15) is 13.2 Å². The Morgan fingerprint density at radius 1 is 0.971 bits per heavy atom. The van der Waals surface area contributed by atoms with Crippen LogP contribution in [0, 0.1) is 0 Å². The molecule has 0 aromatic heterocycles. The number of guanidine groups is 1. The molecule has 0 radical (unpaired) electrons. The third-order valence-corrected chi connectivity index (χ3v) is 8.16. The molecule has 1 unspecified atom stereocenters. The molecule has 1 aliphatic rings. The van der Waals surface area contributed by atoms with Crippen LogP contribution < -0.4 is 16.2 Å². The Morgan fingerprint density at radius 2 is 1.51 bits per heavy atom. The van der Waals surface area contributed by atoms with Gasteiger partial charge >= 0.3 is 0 Å². The summed E-state index contributed by atoms with van der Waals surface area (Å²) in [5.41, 5.74) is 13.6. The van der Waals surface area contributed by atoms with Gasteiger partial charge in [0, 0.05) is 19.6 Å². The lowest BCUT2D eigenvalue weighted by Crippen LogP contribution is -2.50. The highest BCUT2D eigenvalue weighted by Gasteiger charge is 2.33. The summed E-state index contributed by atoms with van der Waals surface area (Å²) in [6, 6.07) is 3.16. The van der Waals surface area contributed by atoms with Crippen molar-refractivity contribution in [2.24, 2.45) is 16.5 Å². The Bertz CT molecular complexity index is 963. The molecule has 2 rings (SSSR count). The monoisotopic (exact) mass is 507 g/mol. The van der Waals surface area contributed by atoms with E-state index < -0.39 is 16.1 Å². The molecule has 0 spiro atoms. The van der Waals surface area contributed by atoms with Crippen LogP contribution in [0.25, 0.3) is 0 Å². The van der Waals surface area contributed by atoms with Crippen molar-refractivity contribution in [3.8, 4) is 0 Å². The fraction of sp³-hybridized carbons (Fsp3) is 0.692. The number of aliphatic imine (C=N–C) groups is 1. The number of piperidine rings is 1. The summed E-state index contributed by atoms with van der Waals surface area (Å²) in [6.07, 6.45) is 3.77. The van der Waals surface area contributed by atoms with Gasteiger partial charge in [0.05, 0.1) is 4.90 Å². The maximum absolute atomic E-state index is 14.0. The summed E-state index contributed by atoms with van der Waals surface area (Å²) in [4.78, 5) is 19.5. The Labute approximate surface area is 212 Å². The maximum Gasteiger partial charge on any atom is 0.241 e. The zero-order valence-electron chi connectivity index (χ0n) is 22.3. The van der Waals surface area contributed by atoms with E-state index >= 15 is 0 Å². The molecule has 1 heterocycles. The van der Waals surface area contributed by atoms with E-state index in [1.807, 2.05) is 39.8 Å². The molecular formula is C26H45N5O3S. The molecule has 198 valence electrons. The third-order valence-electron chi connectivity index (χ3n) is 6.56. The van der Waals surface area contributed by atoms with E-state index in [1.54, 1.807) is 4.90 Å². The Kier molecular flexibility index (Phi) is 10.6. The van der Waals surface area contributed by atoms with E-state index in [4.69, 9.17) is 11.5 Å². The lowest BCUT2D eigenvalue weighted by atomic mass is 9.89. The smallest absolute Gasteiger partial charge is 0.241 e. The molecule has 1 atom stereocenters. The molecule has 1 saturated heterocycles. The molecule has 1 aromatic rings. The minimum absolute atomic E-state index is 0.0101. The number of sulfonamides is 1. The average Bonchev–Trinajstić information content (AvgIpc) is 2.79. The van der Waals surface area contributed by atoms with Crippen molar-refractivity contribution >= 4 is 21.9 Å². The summed E-state index contributed by atoms with van der Waals surface area (Å²) in [5, 5.41) is 0. The van der Waals surface area contributed by atoms with Gasteiger partial charge in [0.15, 0.2) is 5.96 Å². The number of likely N-dealkylation sites (tertiary alicyclic amines) is 1. The second kappa shape index (κ2) is 12.7. The molecule has 8 nitrogen and oxygen atoms in total. The molecule has 1 aliphatic heterocycles. The van der Waals surface area contributed by atoms with Gasteiger partial charge in [-0.1, -0.05) is 53.7 Å². The highest BCUT2D eigenvalue weighted by atomic mass is 32.2. The summed E-state index contributed by atoms with van der Waals surface area (Å²) in [6.45, 7) is 13.9. The van der Waals surface area contributed by atoms with Crippen molar-refractivity contribution in [2.45, 2.75) is 102 Å².